The van der Waals surface area contributed by atoms with Gasteiger partial charge in [0, 0.05) is 10.7 Å². The van der Waals surface area contributed by atoms with Gasteiger partial charge in [0.1, 0.15) is 5.75 Å². The summed E-state index contributed by atoms with van der Waals surface area (Å²) in [6.45, 7) is 5.81. The van der Waals surface area contributed by atoms with Crippen molar-refractivity contribution in [2.45, 2.75) is 33.3 Å². The molecule has 0 bridgehead atoms. The van der Waals surface area contributed by atoms with Gasteiger partial charge in [-0.05, 0) is 49.6 Å². The van der Waals surface area contributed by atoms with E-state index in [1.54, 1.807) is 12.1 Å². The van der Waals surface area contributed by atoms with Crippen LogP contribution in [0.4, 0.5) is 5.69 Å². The molecule has 1 atom stereocenters. The third-order valence-corrected chi connectivity index (χ3v) is 3.72. The monoisotopic (exact) mass is 317 g/mol. The number of anilines is 1. The number of hydrogen-bond acceptors (Lipinski definition) is 2. The summed E-state index contributed by atoms with van der Waals surface area (Å²) in [7, 11) is 0. The highest BCUT2D eigenvalue weighted by molar-refractivity contribution is 6.31. The molecule has 0 aliphatic heterocycles. The van der Waals surface area contributed by atoms with E-state index in [4.69, 9.17) is 16.3 Å². The molecule has 1 amide bonds. The van der Waals surface area contributed by atoms with Gasteiger partial charge in [-0.3, -0.25) is 4.79 Å². The highest BCUT2D eigenvalue weighted by atomic mass is 35.5. The number of carbonyl (C=O) groups excluding carboxylic acids is 1. The van der Waals surface area contributed by atoms with E-state index in [1.807, 2.05) is 51.1 Å². The average molecular weight is 318 g/mol. The van der Waals surface area contributed by atoms with Gasteiger partial charge in [0.15, 0.2) is 6.10 Å². The lowest BCUT2D eigenvalue weighted by Crippen LogP contribution is -2.32. The largest absolute Gasteiger partial charge is 0.480 e. The van der Waals surface area contributed by atoms with Crippen LogP contribution in [0.15, 0.2) is 42.5 Å². The van der Waals surface area contributed by atoms with Crippen LogP contribution in [-0.4, -0.2) is 12.0 Å². The van der Waals surface area contributed by atoms with Gasteiger partial charge in [0.25, 0.3) is 5.91 Å². The minimum Gasteiger partial charge on any atom is -0.480 e. The lowest BCUT2D eigenvalue weighted by molar-refractivity contribution is -0.122. The van der Waals surface area contributed by atoms with Gasteiger partial charge >= 0.3 is 0 Å². The standard InChI is InChI=1S/C18H20ClNO2/c1-4-16(22-17-8-6-5-7-13(17)3)18(21)20-15-11-14(19)10-9-12(15)2/h5-11,16H,4H2,1-3H3,(H,20,21)/t16-/m1/s1. The molecule has 4 heteroatoms. The number of halogens is 1. The summed E-state index contributed by atoms with van der Waals surface area (Å²) in [6, 6.07) is 13.1. The molecular weight excluding hydrogens is 298 g/mol. The molecule has 0 saturated heterocycles. The first-order chi connectivity index (χ1) is 10.5. The summed E-state index contributed by atoms with van der Waals surface area (Å²) in [5.41, 5.74) is 2.68. The molecule has 0 aromatic heterocycles. The second-order valence-electron chi connectivity index (χ2n) is 5.23. The van der Waals surface area contributed by atoms with Gasteiger partial charge in [-0.15, -0.1) is 0 Å². The Bertz CT molecular complexity index is 670. The molecule has 0 aliphatic rings. The predicted molar refractivity (Wildman–Crippen MR) is 90.7 cm³/mol. The fourth-order valence-electron chi connectivity index (χ4n) is 2.11. The molecule has 0 spiro atoms. The van der Waals surface area contributed by atoms with E-state index in [0.29, 0.717) is 17.1 Å². The predicted octanol–water partition coefficient (Wildman–Crippen LogP) is 4.75. The van der Waals surface area contributed by atoms with Gasteiger partial charge in [-0.25, -0.2) is 0 Å². The zero-order valence-electron chi connectivity index (χ0n) is 13.0. The molecule has 22 heavy (non-hydrogen) atoms. The molecule has 0 heterocycles. The molecule has 2 rings (SSSR count). The lowest BCUT2D eigenvalue weighted by Gasteiger charge is -2.19. The summed E-state index contributed by atoms with van der Waals surface area (Å²) in [5, 5.41) is 3.48. The second kappa shape index (κ2) is 7.32. The van der Waals surface area contributed by atoms with Crippen molar-refractivity contribution in [3.8, 4) is 5.75 Å². The van der Waals surface area contributed by atoms with E-state index in [0.717, 1.165) is 16.9 Å². The molecule has 2 aromatic carbocycles. The summed E-state index contributed by atoms with van der Waals surface area (Å²) < 4.78 is 5.85. The van der Waals surface area contributed by atoms with Gasteiger partial charge in [-0.2, -0.15) is 0 Å². The Morgan fingerprint density at radius 3 is 2.59 bits per heavy atom. The average Bonchev–Trinajstić information content (AvgIpc) is 2.50. The Hall–Kier alpha value is -2.00. The van der Waals surface area contributed by atoms with Crippen molar-refractivity contribution < 1.29 is 9.53 Å². The van der Waals surface area contributed by atoms with Gasteiger partial charge in [-0.1, -0.05) is 42.8 Å². The maximum Gasteiger partial charge on any atom is 0.265 e. The summed E-state index contributed by atoms with van der Waals surface area (Å²) in [4.78, 5) is 12.4. The molecule has 3 nitrogen and oxygen atoms in total. The van der Waals surface area contributed by atoms with Crippen LogP contribution in [0.2, 0.25) is 5.02 Å². The van der Waals surface area contributed by atoms with Crippen molar-refractivity contribution in [2.75, 3.05) is 5.32 Å². The van der Waals surface area contributed by atoms with E-state index < -0.39 is 6.10 Å². The fourth-order valence-corrected chi connectivity index (χ4v) is 2.28. The number of amides is 1. The van der Waals surface area contributed by atoms with Crippen LogP contribution in [0, 0.1) is 13.8 Å². The quantitative estimate of drug-likeness (QED) is 0.864. The van der Waals surface area contributed by atoms with Crippen molar-refractivity contribution in [1.82, 2.24) is 0 Å². The smallest absolute Gasteiger partial charge is 0.265 e. The molecule has 0 aliphatic carbocycles. The first kappa shape index (κ1) is 16.4. The van der Waals surface area contributed by atoms with Crippen molar-refractivity contribution in [3.63, 3.8) is 0 Å². The highest BCUT2D eigenvalue weighted by Crippen LogP contribution is 2.22. The molecular formula is C18H20ClNO2. The molecule has 0 unspecified atom stereocenters. The summed E-state index contributed by atoms with van der Waals surface area (Å²) in [6.07, 6.45) is 0.0410. The minimum atomic E-state index is -0.542. The molecule has 0 radical (unpaired) electrons. The van der Waals surface area contributed by atoms with Crippen LogP contribution in [-0.2, 0) is 4.79 Å². The Kier molecular flexibility index (Phi) is 5.45. The number of aryl methyl sites for hydroxylation is 2. The van der Waals surface area contributed by atoms with E-state index in [-0.39, 0.29) is 5.91 Å². The third kappa shape index (κ3) is 4.01. The van der Waals surface area contributed by atoms with Crippen LogP contribution < -0.4 is 10.1 Å². The van der Waals surface area contributed by atoms with E-state index >= 15 is 0 Å². The topological polar surface area (TPSA) is 38.3 Å². The number of benzene rings is 2. The number of hydrogen-bond donors (Lipinski definition) is 1. The van der Waals surface area contributed by atoms with Crippen LogP contribution in [0.5, 0.6) is 5.75 Å². The SMILES string of the molecule is CC[C@@H](Oc1ccccc1C)C(=O)Nc1cc(Cl)ccc1C. The number of rotatable bonds is 5. The first-order valence-corrected chi connectivity index (χ1v) is 7.68. The zero-order chi connectivity index (χ0) is 16.1. The second-order valence-corrected chi connectivity index (χ2v) is 5.67. The summed E-state index contributed by atoms with van der Waals surface area (Å²) in [5.74, 6) is 0.559. The van der Waals surface area contributed by atoms with Crippen molar-refractivity contribution in [2.24, 2.45) is 0 Å². The van der Waals surface area contributed by atoms with Crippen LogP contribution in [0.1, 0.15) is 24.5 Å². The van der Waals surface area contributed by atoms with Gasteiger partial charge in [0.2, 0.25) is 0 Å². The normalized spacial score (nSPS) is 11.8. The first-order valence-electron chi connectivity index (χ1n) is 7.30. The lowest BCUT2D eigenvalue weighted by atomic mass is 10.1. The van der Waals surface area contributed by atoms with E-state index in [1.165, 1.54) is 0 Å². The maximum atomic E-state index is 12.4. The van der Waals surface area contributed by atoms with Crippen LogP contribution >= 0.6 is 11.6 Å². The Balaban J connectivity index is 2.12. The summed E-state index contributed by atoms with van der Waals surface area (Å²) >= 11 is 5.98. The Morgan fingerprint density at radius 2 is 1.91 bits per heavy atom. The molecule has 1 N–H and O–H groups in total. The molecule has 0 saturated carbocycles. The maximum absolute atomic E-state index is 12.4. The molecule has 2 aromatic rings. The number of para-hydroxylation sites is 1. The number of nitrogens with one attached hydrogen (secondary N) is 1. The van der Waals surface area contributed by atoms with Crippen molar-refractivity contribution >= 4 is 23.2 Å². The van der Waals surface area contributed by atoms with Crippen LogP contribution in [0.3, 0.4) is 0 Å². The van der Waals surface area contributed by atoms with Gasteiger partial charge in [0.05, 0.1) is 0 Å². The van der Waals surface area contributed by atoms with Crippen LogP contribution in [0.25, 0.3) is 0 Å². The third-order valence-electron chi connectivity index (χ3n) is 3.48. The number of ether oxygens (including phenoxy) is 1. The number of carbonyl (C=O) groups is 1. The van der Waals surface area contributed by atoms with Gasteiger partial charge < -0.3 is 10.1 Å². The Morgan fingerprint density at radius 1 is 1.18 bits per heavy atom. The Labute approximate surface area is 136 Å². The highest BCUT2D eigenvalue weighted by Gasteiger charge is 2.19. The van der Waals surface area contributed by atoms with E-state index in [9.17, 15) is 4.79 Å². The van der Waals surface area contributed by atoms with E-state index in [2.05, 4.69) is 5.32 Å². The van der Waals surface area contributed by atoms with Crippen molar-refractivity contribution in [1.29, 1.82) is 0 Å². The molecule has 116 valence electrons. The zero-order valence-corrected chi connectivity index (χ0v) is 13.8. The van der Waals surface area contributed by atoms with Crippen molar-refractivity contribution in [3.05, 3.63) is 58.6 Å². The minimum absolute atomic E-state index is 0.170. The fraction of sp³-hybridized carbons (Fsp3) is 0.278. The molecule has 0 fully saturated rings.